The number of benzene rings is 1. The Bertz CT molecular complexity index is 492. The molecule has 2 rings (SSSR count). The predicted molar refractivity (Wildman–Crippen MR) is 93.6 cm³/mol. The summed E-state index contributed by atoms with van der Waals surface area (Å²) in [6.07, 6.45) is 0. The Balaban J connectivity index is 2.66. The first-order chi connectivity index (χ1) is 8.46. The van der Waals surface area contributed by atoms with Gasteiger partial charge in [-0.25, -0.2) is 0 Å². The van der Waals surface area contributed by atoms with Crippen LogP contribution in [0, 0.1) is 0 Å². The molecule has 1 heterocycles. The smallest absolute Gasteiger partial charge is 0.0654 e. The van der Waals surface area contributed by atoms with Crippen molar-refractivity contribution in [2.45, 2.75) is 70.9 Å². The molecule has 0 N–H and O–H groups in total. The average molecular weight is 291 g/mol. The zero-order valence-electron chi connectivity index (χ0n) is 14.0. The Morgan fingerprint density at radius 3 is 2.11 bits per heavy atom. The highest BCUT2D eigenvalue weighted by Gasteiger charge is 2.44. The Labute approximate surface area is 121 Å². The fraction of sp³-hybridized carbons (Fsp3) is 0.647. The highest BCUT2D eigenvalue weighted by atomic mass is 28.3. The number of rotatable bonds is 0. The molecule has 0 fully saturated rings. The van der Waals surface area contributed by atoms with E-state index in [-0.39, 0.29) is 5.41 Å². The van der Waals surface area contributed by atoms with Crippen LogP contribution in [0.25, 0.3) is 0 Å². The first-order valence-electron chi connectivity index (χ1n) is 7.62. The highest BCUT2D eigenvalue weighted by molar-refractivity contribution is 7.04. The molecule has 0 bridgehead atoms. The molecule has 0 saturated carbocycles. The Morgan fingerprint density at radius 2 is 1.58 bits per heavy atom. The van der Waals surface area contributed by atoms with Crippen molar-refractivity contribution in [2.75, 3.05) is 0 Å². The molecule has 1 aromatic rings. The van der Waals surface area contributed by atoms with Gasteiger partial charge < -0.3 is 0 Å². The number of hydrogen-bond acceptors (Lipinski definition) is 0. The van der Waals surface area contributed by atoms with E-state index in [9.17, 15) is 0 Å². The molecule has 106 valence electrons. The van der Waals surface area contributed by atoms with E-state index in [1.807, 2.05) is 0 Å². The van der Waals surface area contributed by atoms with Gasteiger partial charge in [0.15, 0.2) is 0 Å². The maximum Gasteiger partial charge on any atom is 0.0830 e. The van der Waals surface area contributed by atoms with E-state index in [0.29, 0.717) is 0 Å². The van der Waals surface area contributed by atoms with Gasteiger partial charge in [-0.05, 0) is 16.5 Å². The van der Waals surface area contributed by atoms with Crippen molar-refractivity contribution < 1.29 is 0 Å². The largest absolute Gasteiger partial charge is 0.0830 e. The molecule has 1 aromatic carbocycles. The van der Waals surface area contributed by atoms with E-state index in [2.05, 4.69) is 72.1 Å². The first kappa shape index (κ1) is 15.1. The lowest BCUT2D eigenvalue weighted by Crippen LogP contribution is -2.65. The average Bonchev–Trinajstić information content (AvgIpc) is 2.25. The van der Waals surface area contributed by atoms with Gasteiger partial charge in [-0.15, -0.1) is 0 Å². The van der Waals surface area contributed by atoms with Gasteiger partial charge in [-0.2, -0.15) is 0 Å². The summed E-state index contributed by atoms with van der Waals surface area (Å²) in [7, 11) is -2.49. The fourth-order valence-corrected chi connectivity index (χ4v) is 14.0. The molecule has 1 unspecified atom stereocenters. The SMILES string of the molecule is CC1C[Si](C)(C)c2cc(C(C)(C)C)ccc2[Si]1(C)C. The molecule has 2 heteroatoms. The topological polar surface area (TPSA) is 0 Å². The molecule has 19 heavy (non-hydrogen) atoms. The summed E-state index contributed by atoms with van der Waals surface area (Å²) >= 11 is 0. The summed E-state index contributed by atoms with van der Waals surface area (Å²) in [5.74, 6) is 0. The highest BCUT2D eigenvalue weighted by Crippen LogP contribution is 2.35. The van der Waals surface area contributed by atoms with Gasteiger partial charge in [0.1, 0.15) is 0 Å². The molecular weight excluding hydrogens is 260 g/mol. The minimum atomic E-state index is -1.25. The van der Waals surface area contributed by atoms with E-state index in [0.717, 1.165) is 5.54 Å². The van der Waals surface area contributed by atoms with E-state index in [1.165, 1.54) is 11.6 Å². The Kier molecular flexibility index (Phi) is 3.42. The minimum absolute atomic E-state index is 0.272. The van der Waals surface area contributed by atoms with E-state index in [4.69, 9.17) is 0 Å². The third-order valence-electron chi connectivity index (χ3n) is 5.36. The van der Waals surface area contributed by atoms with Gasteiger partial charge in [-0.3, -0.25) is 0 Å². The van der Waals surface area contributed by atoms with Crippen LogP contribution in [-0.2, 0) is 5.41 Å². The van der Waals surface area contributed by atoms with E-state index in [1.54, 1.807) is 10.4 Å². The standard InChI is InChI=1S/C17H30Si2/c1-13-12-18(5,6)16-11-14(17(2,3)4)9-10-15(16)19(13,7)8/h9-11,13H,12H2,1-8H3. The Morgan fingerprint density at radius 1 is 1.00 bits per heavy atom. The van der Waals surface area contributed by atoms with Crippen LogP contribution >= 0.6 is 0 Å². The maximum absolute atomic E-state index is 2.57. The molecule has 0 spiro atoms. The molecular formula is C17H30Si2. The third kappa shape index (κ3) is 2.49. The molecule has 1 aliphatic rings. The summed E-state index contributed by atoms with van der Waals surface area (Å²) in [6, 6.07) is 8.94. The second kappa shape index (κ2) is 4.32. The van der Waals surface area contributed by atoms with Crippen molar-refractivity contribution in [3.8, 4) is 0 Å². The van der Waals surface area contributed by atoms with E-state index < -0.39 is 16.1 Å². The van der Waals surface area contributed by atoms with Crippen molar-refractivity contribution in [3.63, 3.8) is 0 Å². The van der Waals surface area contributed by atoms with Crippen molar-refractivity contribution in [2.24, 2.45) is 0 Å². The zero-order valence-corrected chi connectivity index (χ0v) is 16.0. The second-order valence-corrected chi connectivity index (χ2v) is 18.4. The van der Waals surface area contributed by atoms with Crippen LogP contribution in [0.5, 0.6) is 0 Å². The quantitative estimate of drug-likeness (QED) is 0.628. The van der Waals surface area contributed by atoms with Crippen molar-refractivity contribution in [1.29, 1.82) is 0 Å². The summed E-state index contributed by atoms with van der Waals surface area (Å²) in [4.78, 5) is 0. The summed E-state index contributed by atoms with van der Waals surface area (Å²) in [5.41, 5.74) is 2.72. The number of hydrogen-bond donors (Lipinski definition) is 0. The molecule has 1 atom stereocenters. The second-order valence-electron chi connectivity index (χ2n) is 8.72. The van der Waals surface area contributed by atoms with Crippen LogP contribution < -0.4 is 10.4 Å². The molecule has 0 amide bonds. The Hall–Kier alpha value is -0.346. The van der Waals surface area contributed by atoms with Gasteiger partial charge in [0, 0.05) is 0 Å². The van der Waals surface area contributed by atoms with Crippen LogP contribution in [0.4, 0.5) is 0 Å². The van der Waals surface area contributed by atoms with Crippen LogP contribution in [0.2, 0.25) is 37.8 Å². The monoisotopic (exact) mass is 290 g/mol. The van der Waals surface area contributed by atoms with Crippen LogP contribution in [0.15, 0.2) is 18.2 Å². The fourth-order valence-electron chi connectivity index (χ4n) is 3.53. The first-order valence-corrected chi connectivity index (χ1v) is 13.9. The maximum atomic E-state index is 2.57. The summed E-state index contributed by atoms with van der Waals surface area (Å²) in [5, 5.41) is 3.53. The predicted octanol–water partition coefficient (Wildman–Crippen LogP) is 4.22. The zero-order chi connectivity index (χ0) is 14.6. The third-order valence-corrected chi connectivity index (χ3v) is 14.0. The van der Waals surface area contributed by atoms with Gasteiger partial charge in [0.05, 0.1) is 16.1 Å². The van der Waals surface area contributed by atoms with Gasteiger partial charge >= 0.3 is 0 Å². The van der Waals surface area contributed by atoms with Crippen LogP contribution in [-0.4, -0.2) is 16.1 Å². The molecule has 0 nitrogen and oxygen atoms in total. The van der Waals surface area contributed by atoms with Gasteiger partial charge in [0.25, 0.3) is 0 Å². The summed E-state index contributed by atoms with van der Waals surface area (Å²) < 4.78 is 0. The van der Waals surface area contributed by atoms with Crippen molar-refractivity contribution in [1.82, 2.24) is 0 Å². The lowest BCUT2D eigenvalue weighted by atomic mass is 9.87. The van der Waals surface area contributed by atoms with Gasteiger partial charge in [-0.1, -0.05) is 88.5 Å². The number of fused-ring (bicyclic) bond motifs is 1. The van der Waals surface area contributed by atoms with Gasteiger partial charge in [0.2, 0.25) is 0 Å². The molecule has 0 saturated heterocycles. The molecule has 0 aromatic heterocycles. The van der Waals surface area contributed by atoms with E-state index >= 15 is 0 Å². The van der Waals surface area contributed by atoms with Crippen molar-refractivity contribution >= 4 is 26.5 Å². The molecule has 0 aliphatic carbocycles. The molecule has 1 aliphatic heterocycles. The summed E-state index contributed by atoms with van der Waals surface area (Å²) in [6.45, 7) is 19.8. The molecule has 0 radical (unpaired) electrons. The van der Waals surface area contributed by atoms with Crippen LogP contribution in [0.1, 0.15) is 33.3 Å². The van der Waals surface area contributed by atoms with Crippen molar-refractivity contribution in [3.05, 3.63) is 23.8 Å². The lowest BCUT2D eigenvalue weighted by Gasteiger charge is -2.45. The minimum Gasteiger partial charge on any atom is -0.0654 e. The normalized spacial score (nSPS) is 24.9. The van der Waals surface area contributed by atoms with Crippen LogP contribution in [0.3, 0.4) is 0 Å². The lowest BCUT2D eigenvalue weighted by molar-refractivity contribution is 0.591.